The third kappa shape index (κ3) is 9.23. The lowest BCUT2D eigenvalue weighted by molar-refractivity contribution is -0.117. The summed E-state index contributed by atoms with van der Waals surface area (Å²) in [6, 6.07) is 15.7. The number of sulfonamides is 1. The van der Waals surface area contributed by atoms with Crippen molar-refractivity contribution in [2.45, 2.75) is 38.5 Å². The van der Waals surface area contributed by atoms with Gasteiger partial charge in [-0.25, -0.2) is 23.1 Å². The van der Waals surface area contributed by atoms with Gasteiger partial charge in [-0.3, -0.25) is 4.79 Å². The number of aromatic nitrogens is 2. The summed E-state index contributed by atoms with van der Waals surface area (Å²) in [5.74, 6) is 0.366. The summed E-state index contributed by atoms with van der Waals surface area (Å²) in [5, 5.41) is 6.04. The molecule has 198 valence electrons. The molecule has 0 bridgehead atoms. The third-order valence-corrected chi connectivity index (χ3v) is 6.78. The van der Waals surface area contributed by atoms with Crippen LogP contribution in [0.15, 0.2) is 65.7 Å². The van der Waals surface area contributed by atoms with Gasteiger partial charge in [0.15, 0.2) is 0 Å². The van der Waals surface area contributed by atoms with Gasteiger partial charge in [0.1, 0.15) is 0 Å². The van der Waals surface area contributed by atoms with E-state index in [1.165, 1.54) is 0 Å². The van der Waals surface area contributed by atoms with E-state index in [2.05, 4.69) is 25.3 Å². The molecule has 0 fully saturated rings. The standard InChI is InChI=1S/C27H36N6O3S/c1-27(2,3)19-25(34)30-21-9-7-20(8-10-21)24-15-17-28-26(32-24)31-22-11-13-23(14-12-22)37(35,36)29-16-6-18-33(4)5/h7-15,17,29H,6,16,18-19H2,1-5H3,(H,30,34)(H,28,31,32). The van der Waals surface area contributed by atoms with Gasteiger partial charge in [0.2, 0.25) is 21.9 Å². The molecule has 0 aliphatic heterocycles. The molecule has 0 saturated carbocycles. The molecule has 0 spiro atoms. The SMILES string of the molecule is CN(C)CCCNS(=O)(=O)c1ccc(Nc2nccc(-c3ccc(NC(=O)CC(C)(C)C)cc3)n2)cc1. The van der Waals surface area contributed by atoms with Crippen LogP contribution in [-0.2, 0) is 14.8 Å². The van der Waals surface area contributed by atoms with Gasteiger partial charge in [0, 0.05) is 36.1 Å². The van der Waals surface area contributed by atoms with Crippen molar-refractivity contribution in [3.63, 3.8) is 0 Å². The highest BCUT2D eigenvalue weighted by Gasteiger charge is 2.16. The van der Waals surface area contributed by atoms with Gasteiger partial charge in [-0.15, -0.1) is 0 Å². The van der Waals surface area contributed by atoms with E-state index in [1.54, 1.807) is 36.5 Å². The number of nitrogens with one attached hydrogen (secondary N) is 3. The predicted molar refractivity (Wildman–Crippen MR) is 148 cm³/mol. The van der Waals surface area contributed by atoms with Crippen LogP contribution in [0, 0.1) is 5.41 Å². The molecule has 2 aromatic carbocycles. The fourth-order valence-electron chi connectivity index (χ4n) is 3.52. The van der Waals surface area contributed by atoms with E-state index in [0.717, 1.165) is 24.2 Å². The molecule has 1 aromatic heterocycles. The minimum atomic E-state index is -3.56. The van der Waals surface area contributed by atoms with Crippen molar-refractivity contribution in [1.82, 2.24) is 19.6 Å². The van der Waals surface area contributed by atoms with Crippen LogP contribution in [0.25, 0.3) is 11.3 Å². The van der Waals surface area contributed by atoms with Crippen LogP contribution >= 0.6 is 0 Å². The minimum Gasteiger partial charge on any atom is -0.326 e. The Bertz CT molecular complexity index is 1280. The van der Waals surface area contributed by atoms with Crippen molar-refractivity contribution < 1.29 is 13.2 Å². The van der Waals surface area contributed by atoms with E-state index in [0.29, 0.717) is 30.3 Å². The van der Waals surface area contributed by atoms with E-state index >= 15 is 0 Å². The highest BCUT2D eigenvalue weighted by Crippen LogP contribution is 2.23. The Balaban J connectivity index is 1.62. The highest BCUT2D eigenvalue weighted by molar-refractivity contribution is 7.89. The molecule has 37 heavy (non-hydrogen) atoms. The fraction of sp³-hybridized carbons (Fsp3) is 0.370. The van der Waals surface area contributed by atoms with Gasteiger partial charge in [0.25, 0.3) is 0 Å². The molecule has 3 N–H and O–H groups in total. The Morgan fingerprint density at radius 3 is 2.22 bits per heavy atom. The van der Waals surface area contributed by atoms with E-state index in [1.807, 2.05) is 64.0 Å². The Kier molecular flexibility index (Phi) is 9.36. The van der Waals surface area contributed by atoms with Crippen LogP contribution in [0.2, 0.25) is 0 Å². The summed E-state index contributed by atoms with van der Waals surface area (Å²) in [5.41, 5.74) is 2.91. The summed E-state index contributed by atoms with van der Waals surface area (Å²) in [4.78, 5) is 23.2. The van der Waals surface area contributed by atoms with Crippen LogP contribution in [-0.4, -0.2) is 56.4 Å². The van der Waals surface area contributed by atoms with E-state index in [9.17, 15) is 13.2 Å². The van der Waals surface area contributed by atoms with Crippen molar-refractivity contribution in [1.29, 1.82) is 0 Å². The smallest absolute Gasteiger partial charge is 0.240 e. The van der Waals surface area contributed by atoms with Gasteiger partial charge in [-0.05, 0) is 74.9 Å². The summed E-state index contributed by atoms with van der Waals surface area (Å²) in [7, 11) is 0.336. The van der Waals surface area contributed by atoms with Crippen molar-refractivity contribution in [3.8, 4) is 11.3 Å². The number of hydrogen-bond acceptors (Lipinski definition) is 7. The number of rotatable bonds is 11. The van der Waals surface area contributed by atoms with Crippen LogP contribution < -0.4 is 15.4 Å². The average Bonchev–Trinajstić information content (AvgIpc) is 2.81. The Morgan fingerprint density at radius 2 is 1.59 bits per heavy atom. The number of carbonyl (C=O) groups is 1. The molecule has 1 heterocycles. The second-order valence-electron chi connectivity index (χ2n) is 10.3. The molecule has 0 radical (unpaired) electrons. The number of benzene rings is 2. The van der Waals surface area contributed by atoms with Crippen molar-refractivity contribution in [3.05, 3.63) is 60.8 Å². The first-order valence-electron chi connectivity index (χ1n) is 12.2. The van der Waals surface area contributed by atoms with Crippen molar-refractivity contribution >= 4 is 33.3 Å². The molecule has 10 heteroatoms. The van der Waals surface area contributed by atoms with Gasteiger partial charge in [-0.2, -0.15) is 0 Å². The van der Waals surface area contributed by atoms with E-state index < -0.39 is 10.0 Å². The zero-order chi connectivity index (χ0) is 27.1. The summed E-state index contributed by atoms with van der Waals surface area (Å²) < 4.78 is 27.6. The molecule has 3 aromatic rings. The fourth-order valence-corrected chi connectivity index (χ4v) is 4.60. The molecule has 0 unspecified atom stereocenters. The van der Waals surface area contributed by atoms with E-state index in [4.69, 9.17) is 0 Å². The quantitative estimate of drug-likeness (QED) is 0.316. The lowest BCUT2D eigenvalue weighted by Gasteiger charge is -2.17. The average molecular weight is 525 g/mol. The molecule has 9 nitrogen and oxygen atoms in total. The van der Waals surface area contributed by atoms with Crippen LogP contribution in [0.3, 0.4) is 0 Å². The lowest BCUT2D eigenvalue weighted by atomic mass is 9.92. The maximum atomic E-state index is 12.5. The van der Waals surface area contributed by atoms with Gasteiger partial charge >= 0.3 is 0 Å². The second kappa shape index (κ2) is 12.3. The highest BCUT2D eigenvalue weighted by atomic mass is 32.2. The Labute approximate surface area is 219 Å². The first-order chi connectivity index (χ1) is 17.4. The number of nitrogens with zero attached hydrogens (tertiary/aromatic N) is 3. The first kappa shape index (κ1) is 28.2. The summed E-state index contributed by atoms with van der Waals surface area (Å²) in [6.45, 7) is 7.27. The van der Waals surface area contributed by atoms with Gasteiger partial charge < -0.3 is 15.5 Å². The number of carbonyl (C=O) groups excluding carboxylic acids is 1. The van der Waals surface area contributed by atoms with Crippen molar-refractivity contribution in [2.75, 3.05) is 37.8 Å². The zero-order valence-electron chi connectivity index (χ0n) is 22.1. The molecular weight excluding hydrogens is 488 g/mol. The van der Waals surface area contributed by atoms with Gasteiger partial charge in [-0.1, -0.05) is 32.9 Å². The monoisotopic (exact) mass is 524 g/mol. The number of anilines is 3. The Hall–Kier alpha value is -3.34. The first-order valence-corrected chi connectivity index (χ1v) is 13.6. The number of amides is 1. The lowest BCUT2D eigenvalue weighted by Crippen LogP contribution is -2.27. The summed E-state index contributed by atoms with van der Waals surface area (Å²) >= 11 is 0. The largest absolute Gasteiger partial charge is 0.326 e. The molecular formula is C27H36N6O3S. The maximum Gasteiger partial charge on any atom is 0.240 e. The predicted octanol–water partition coefficient (Wildman–Crippen LogP) is 4.49. The molecule has 0 aliphatic rings. The van der Waals surface area contributed by atoms with Crippen LogP contribution in [0.4, 0.5) is 17.3 Å². The minimum absolute atomic E-state index is 0.0206. The molecule has 0 aliphatic carbocycles. The normalized spacial score (nSPS) is 11.9. The van der Waals surface area contributed by atoms with Crippen LogP contribution in [0.5, 0.6) is 0 Å². The summed E-state index contributed by atoms with van der Waals surface area (Å²) in [6.07, 6.45) is 2.82. The van der Waals surface area contributed by atoms with E-state index in [-0.39, 0.29) is 16.2 Å². The molecule has 3 rings (SSSR count). The molecule has 1 amide bonds. The number of hydrogen-bond donors (Lipinski definition) is 3. The topological polar surface area (TPSA) is 116 Å². The molecule has 0 atom stereocenters. The van der Waals surface area contributed by atoms with Crippen molar-refractivity contribution in [2.24, 2.45) is 5.41 Å². The molecule has 0 saturated heterocycles. The van der Waals surface area contributed by atoms with Gasteiger partial charge in [0.05, 0.1) is 10.6 Å². The third-order valence-electron chi connectivity index (χ3n) is 5.31. The second-order valence-corrected chi connectivity index (χ2v) is 12.1. The maximum absolute atomic E-state index is 12.5. The van der Waals surface area contributed by atoms with Crippen LogP contribution in [0.1, 0.15) is 33.6 Å². The zero-order valence-corrected chi connectivity index (χ0v) is 22.9. The Morgan fingerprint density at radius 1 is 0.946 bits per heavy atom.